The SMILES string of the molecule is CN(C)Cc1cccc(-c2cnc(N3CCCC3CO)nc2)c1. The largest absolute Gasteiger partial charge is 0.394 e. The van der Waals surface area contributed by atoms with Crippen LogP contribution in [0, 0.1) is 0 Å². The Bertz CT molecular complexity index is 642. The minimum absolute atomic E-state index is 0.157. The fourth-order valence-corrected chi connectivity index (χ4v) is 3.12. The molecule has 122 valence electrons. The van der Waals surface area contributed by atoms with Gasteiger partial charge in [0.1, 0.15) is 0 Å². The molecule has 5 nitrogen and oxygen atoms in total. The van der Waals surface area contributed by atoms with Crippen LogP contribution >= 0.6 is 0 Å². The maximum Gasteiger partial charge on any atom is 0.225 e. The highest BCUT2D eigenvalue weighted by molar-refractivity contribution is 5.63. The summed E-state index contributed by atoms with van der Waals surface area (Å²) in [6.45, 7) is 2.00. The van der Waals surface area contributed by atoms with Gasteiger partial charge in [0.2, 0.25) is 5.95 Å². The summed E-state index contributed by atoms with van der Waals surface area (Å²) in [4.78, 5) is 13.3. The predicted molar refractivity (Wildman–Crippen MR) is 92.3 cm³/mol. The van der Waals surface area contributed by atoms with E-state index in [1.54, 1.807) is 0 Å². The van der Waals surface area contributed by atoms with Gasteiger partial charge >= 0.3 is 0 Å². The second-order valence-electron chi connectivity index (χ2n) is 6.38. The minimum atomic E-state index is 0.157. The second-order valence-corrected chi connectivity index (χ2v) is 6.38. The molecule has 1 atom stereocenters. The van der Waals surface area contributed by atoms with Gasteiger partial charge in [0.25, 0.3) is 0 Å². The molecule has 23 heavy (non-hydrogen) atoms. The highest BCUT2D eigenvalue weighted by Crippen LogP contribution is 2.24. The van der Waals surface area contributed by atoms with Gasteiger partial charge in [0, 0.05) is 31.0 Å². The minimum Gasteiger partial charge on any atom is -0.394 e. The van der Waals surface area contributed by atoms with Crippen LogP contribution in [0.3, 0.4) is 0 Å². The normalized spacial score (nSPS) is 17.9. The first-order valence-electron chi connectivity index (χ1n) is 8.11. The lowest BCUT2D eigenvalue weighted by molar-refractivity contribution is 0.265. The van der Waals surface area contributed by atoms with Crippen LogP contribution in [0.2, 0.25) is 0 Å². The fraction of sp³-hybridized carbons (Fsp3) is 0.444. The zero-order valence-corrected chi connectivity index (χ0v) is 13.8. The zero-order chi connectivity index (χ0) is 16.2. The third-order valence-corrected chi connectivity index (χ3v) is 4.24. The maximum atomic E-state index is 9.43. The van der Waals surface area contributed by atoms with Gasteiger partial charge in [-0.15, -0.1) is 0 Å². The Morgan fingerprint density at radius 2 is 2.00 bits per heavy atom. The standard InChI is InChI=1S/C18H24N4O/c1-21(2)12-14-5-3-6-15(9-14)16-10-19-18(20-11-16)22-8-4-7-17(22)13-23/h3,5-6,9-11,17,23H,4,7-8,12-13H2,1-2H3. The van der Waals surface area contributed by atoms with Crippen molar-refractivity contribution >= 4 is 5.95 Å². The van der Waals surface area contributed by atoms with Crippen LogP contribution in [0.15, 0.2) is 36.7 Å². The van der Waals surface area contributed by atoms with Crippen molar-refractivity contribution in [3.8, 4) is 11.1 Å². The Hall–Kier alpha value is -1.98. The van der Waals surface area contributed by atoms with Crippen LogP contribution in [-0.4, -0.2) is 53.3 Å². The molecule has 3 rings (SSSR count). The molecule has 5 heteroatoms. The number of hydrogen-bond donors (Lipinski definition) is 1. The number of anilines is 1. The van der Waals surface area contributed by atoms with Crippen molar-refractivity contribution < 1.29 is 5.11 Å². The second kappa shape index (κ2) is 7.06. The zero-order valence-electron chi connectivity index (χ0n) is 13.8. The number of nitrogens with zero attached hydrogens (tertiary/aromatic N) is 4. The van der Waals surface area contributed by atoms with Crippen molar-refractivity contribution in [2.45, 2.75) is 25.4 Å². The fourth-order valence-electron chi connectivity index (χ4n) is 3.12. The van der Waals surface area contributed by atoms with Crippen LogP contribution in [0.25, 0.3) is 11.1 Å². The van der Waals surface area contributed by atoms with E-state index in [0.717, 1.165) is 43.0 Å². The molecule has 0 bridgehead atoms. The predicted octanol–water partition coefficient (Wildman–Crippen LogP) is 2.17. The molecule has 1 fully saturated rings. The van der Waals surface area contributed by atoms with Gasteiger partial charge in [-0.2, -0.15) is 0 Å². The van der Waals surface area contributed by atoms with Crippen molar-refractivity contribution in [3.05, 3.63) is 42.2 Å². The van der Waals surface area contributed by atoms with Crippen molar-refractivity contribution in [2.75, 3.05) is 32.1 Å². The highest BCUT2D eigenvalue weighted by Gasteiger charge is 2.25. The van der Waals surface area contributed by atoms with E-state index in [9.17, 15) is 5.11 Å². The Balaban J connectivity index is 1.79. The monoisotopic (exact) mass is 312 g/mol. The Kier molecular flexibility index (Phi) is 4.88. The van der Waals surface area contributed by atoms with E-state index in [1.807, 2.05) is 12.4 Å². The van der Waals surface area contributed by atoms with Crippen molar-refractivity contribution in [1.29, 1.82) is 0 Å². The first-order chi connectivity index (χ1) is 11.2. The molecular formula is C18H24N4O. The van der Waals surface area contributed by atoms with E-state index in [4.69, 9.17) is 0 Å². The molecule has 1 N–H and O–H groups in total. The van der Waals surface area contributed by atoms with Gasteiger partial charge in [-0.05, 0) is 44.1 Å². The molecule has 0 aliphatic carbocycles. The van der Waals surface area contributed by atoms with Gasteiger partial charge in [-0.3, -0.25) is 0 Å². The molecule has 1 aliphatic heterocycles. The number of aliphatic hydroxyl groups excluding tert-OH is 1. The van der Waals surface area contributed by atoms with Crippen molar-refractivity contribution in [2.24, 2.45) is 0 Å². The molecule has 0 radical (unpaired) electrons. The topological polar surface area (TPSA) is 52.5 Å². The third kappa shape index (κ3) is 3.68. The number of benzene rings is 1. The molecule has 1 aromatic heterocycles. The molecule has 0 amide bonds. The molecule has 0 saturated carbocycles. The quantitative estimate of drug-likeness (QED) is 0.917. The van der Waals surface area contributed by atoms with Crippen LogP contribution in [-0.2, 0) is 6.54 Å². The highest BCUT2D eigenvalue weighted by atomic mass is 16.3. The van der Waals surface area contributed by atoms with Crippen LogP contribution in [0.5, 0.6) is 0 Å². The Labute approximate surface area is 137 Å². The molecule has 1 aromatic carbocycles. The lowest BCUT2D eigenvalue weighted by Crippen LogP contribution is -2.33. The first kappa shape index (κ1) is 15.9. The van der Waals surface area contributed by atoms with Crippen LogP contribution in [0.1, 0.15) is 18.4 Å². The van der Waals surface area contributed by atoms with Gasteiger partial charge in [-0.25, -0.2) is 9.97 Å². The van der Waals surface area contributed by atoms with E-state index in [-0.39, 0.29) is 12.6 Å². The van der Waals surface area contributed by atoms with Crippen molar-refractivity contribution in [3.63, 3.8) is 0 Å². The lowest BCUT2D eigenvalue weighted by Gasteiger charge is -2.22. The van der Waals surface area contributed by atoms with Crippen LogP contribution in [0.4, 0.5) is 5.95 Å². The van der Waals surface area contributed by atoms with Crippen LogP contribution < -0.4 is 4.90 Å². The average Bonchev–Trinajstić information content (AvgIpc) is 3.03. The number of aromatic nitrogens is 2. The summed E-state index contributed by atoms with van der Waals surface area (Å²) in [5, 5.41) is 9.43. The summed E-state index contributed by atoms with van der Waals surface area (Å²) >= 11 is 0. The van der Waals surface area contributed by atoms with Gasteiger partial charge < -0.3 is 14.9 Å². The summed E-state index contributed by atoms with van der Waals surface area (Å²) in [7, 11) is 4.14. The Morgan fingerprint density at radius 1 is 1.22 bits per heavy atom. The van der Waals surface area contributed by atoms with Gasteiger partial charge in [0.05, 0.1) is 12.6 Å². The number of rotatable bonds is 5. The lowest BCUT2D eigenvalue weighted by atomic mass is 10.1. The summed E-state index contributed by atoms with van der Waals surface area (Å²) in [6.07, 6.45) is 5.85. The van der Waals surface area contributed by atoms with E-state index in [0.29, 0.717) is 0 Å². The molecular weight excluding hydrogens is 288 g/mol. The molecule has 1 aliphatic rings. The summed E-state index contributed by atoms with van der Waals surface area (Å²) in [5.41, 5.74) is 3.43. The van der Waals surface area contributed by atoms with Crippen molar-refractivity contribution in [1.82, 2.24) is 14.9 Å². The molecule has 1 saturated heterocycles. The number of aliphatic hydroxyl groups is 1. The van der Waals surface area contributed by atoms with Gasteiger partial charge in [-0.1, -0.05) is 18.2 Å². The first-order valence-corrected chi connectivity index (χ1v) is 8.11. The summed E-state index contributed by atoms with van der Waals surface area (Å²) in [5.74, 6) is 0.717. The third-order valence-electron chi connectivity index (χ3n) is 4.24. The maximum absolute atomic E-state index is 9.43. The molecule has 2 heterocycles. The summed E-state index contributed by atoms with van der Waals surface area (Å²) in [6, 6.07) is 8.64. The molecule has 1 unspecified atom stereocenters. The van der Waals surface area contributed by atoms with E-state index in [2.05, 4.69) is 58.1 Å². The van der Waals surface area contributed by atoms with E-state index >= 15 is 0 Å². The smallest absolute Gasteiger partial charge is 0.225 e. The Morgan fingerprint density at radius 3 is 2.70 bits per heavy atom. The molecule has 0 spiro atoms. The average molecular weight is 312 g/mol. The van der Waals surface area contributed by atoms with E-state index in [1.165, 1.54) is 5.56 Å². The summed E-state index contributed by atoms with van der Waals surface area (Å²) < 4.78 is 0. The number of hydrogen-bond acceptors (Lipinski definition) is 5. The van der Waals surface area contributed by atoms with E-state index < -0.39 is 0 Å². The van der Waals surface area contributed by atoms with Gasteiger partial charge in [0.15, 0.2) is 0 Å². The molecule has 2 aromatic rings.